The van der Waals surface area contributed by atoms with Gasteiger partial charge in [-0.05, 0) is 23.9 Å². The van der Waals surface area contributed by atoms with Crippen LogP contribution in [0.1, 0.15) is 17.4 Å². The number of aliphatic hydroxyl groups is 1. The van der Waals surface area contributed by atoms with Crippen LogP contribution in [0.25, 0.3) is 10.1 Å². The van der Waals surface area contributed by atoms with Crippen LogP contribution >= 0.6 is 11.3 Å². The number of aliphatic hydroxyl groups excluding tert-OH is 1. The molecule has 1 aromatic heterocycles. The highest BCUT2D eigenvalue weighted by Gasteiger charge is 2.27. The summed E-state index contributed by atoms with van der Waals surface area (Å²) in [5.74, 6) is 0.781. The Balaban J connectivity index is 1.47. The van der Waals surface area contributed by atoms with Crippen molar-refractivity contribution in [3.05, 3.63) is 35.2 Å². The first-order valence-corrected chi connectivity index (χ1v) is 11.0. The summed E-state index contributed by atoms with van der Waals surface area (Å²) in [5.41, 5.74) is 0. The number of guanidine groups is 1. The zero-order valence-corrected chi connectivity index (χ0v) is 16.3. The molecule has 26 heavy (non-hydrogen) atoms. The van der Waals surface area contributed by atoms with Gasteiger partial charge in [-0.3, -0.25) is 4.99 Å². The van der Waals surface area contributed by atoms with Crippen molar-refractivity contribution in [1.29, 1.82) is 0 Å². The van der Waals surface area contributed by atoms with E-state index >= 15 is 0 Å². The predicted octanol–water partition coefficient (Wildman–Crippen LogP) is 1.14. The Morgan fingerprint density at radius 2 is 2.19 bits per heavy atom. The maximum Gasteiger partial charge on any atom is 0.214 e. The molecule has 1 fully saturated rings. The second-order valence-electron chi connectivity index (χ2n) is 6.15. The molecule has 2 aromatic rings. The molecular formula is C17H24N4O3S2. The summed E-state index contributed by atoms with van der Waals surface area (Å²) >= 11 is 1.58. The zero-order valence-electron chi connectivity index (χ0n) is 14.7. The van der Waals surface area contributed by atoms with E-state index in [2.05, 4.69) is 15.6 Å². The Morgan fingerprint density at radius 1 is 1.38 bits per heavy atom. The van der Waals surface area contributed by atoms with Gasteiger partial charge in [0.25, 0.3) is 0 Å². The number of sulfonamides is 1. The van der Waals surface area contributed by atoms with Crippen molar-refractivity contribution in [2.75, 3.05) is 39.0 Å². The van der Waals surface area contributed by atoms with Gasteiger partial charge in [0.2, 0.25) is 10.0 Å². The van der Waals surface area contributed by atoms with E-state index in [-0.39, 0.29) is 5.75 Å². The van der Waals surface area contributed by atoms with E-state index in [9.17, 15) is 13.5 Å². The summed E-state index contributed by atoms with van der Waals surface area (Å²) in [6.07, 6.45) is 0.0568. The molecule has 7 nitrogen and oxygen atoms in total. The quantitative estimate of drug-likeness (QED) is 0.503. The van der Waals surface area contributed by atoms with Crippen LogP contribution in [0.15, 0.2) is 35.3 Å². The number of hydrogen-bond acceptors (Lipinski definition) is 5. The molecule has 3 N–H and O–H groups in total. The third-order valence-corrected chi connectivity index (χ3v) is 7.49. The van der Waals surface area contributed by atoms with Crippen molar-refractivity contribution in [3.8, 4) is 0 Å². The number of thiophene rings is 1. The van der Waals surface area contributed by atoms with Gasteiger partial charge in [0.15, 0.2) is 5.96 Å². The Kier molecular flexibility index (Phi) is 6.13. The second kappa shape index (κ2) is 8.34. The van der Waals surface area contributed by atoms with Crippen LogP contribution in [-0.2, 0) is 10.0 Å². The third-order valence-electron chi connectivity index (χ3n) is 4.32. The fourth-order valence-corrected chi connectivity index (χ4v) is 5.50. The van der Waals surface area contributed by atoms with Crippen LogP contribution in [0.3, 0.4) is 0 Å². The van der Waals surface area contributed by atoms with Crippen LogP contribution in [0.5, 0.6) is 0 Å². The fraction of sp³-hybridized carbons (Fsp3) is 0.471. The number of nitrogens with one attached hydrogen (secondary N) is 2. The zero-order chi connectivity index (χ0) is 18.6. The molecule has 142 valence electrons. The van der Waals surface area contributed by atoms with Crippen molar-refractivity contribution >= 4 is 37.4 Å². The molecule has 0 saturated carbocycles. The number of rotatable bonds is 6. The van der Waals surface area contributed by atoms with Gasteiger partial charge < -0.3 is 15.7 Å². The molecule has 9 heteroatoms. The molecule has 1 aliphatic heterocycles. The molecule has 0 radical (unpaired) electrons. The molecule has 0 spiro atoms. The lowest BCUT2D eigenvalue weighted by molar-refractivity contribution is 0.184. The van der Waals surface area contributed by atoms with E-state index in [1.165, 1.54) is 4.31 Å². The lowest BCUT2D eigenvalue weighted by atomic mass is 10.2. The van der Waals surface area contributed by atoms with Gasteiger partial charge >= 0.3 is 0 Å². The number of aliphatic imine (C=N–C) groups is 1. The Morgan fingerprint density at radius 3 is 2.88 bits per heavy atom. The lowest BCUT2D eigenvalue weighted by Gasteiger charge is -2.17. The second-order valence-corrected chi connectivity index (χ2v) is 9.35. The van der Waals surface area contributed by atoms with Gasteiger partial charge in [0, 0.05) is 42.8 Å². The third kappa shape index (κ3) is 4.53. The molecule has 0 amide bonds. The van der Waals surface area contributed by atoms with Gasteiger partial charge in [-0.1, -0.05) is 18.2 Å². The first-order valence-electron chi connectivity index (χ1n) is 8.58. The molecule has 0 bridgehead atoms. The fourth-order valence-electron chi connectivity index (χ4n) is 2.92. The van der Waals surface area contributed by atoms with E-state index in [0.29, 0.717) is 38.6 Å². The molecule has 0 aliphatic carbocycles. The van der Waals surface area contributed by atoms with E-state index in [1.807, 2.05) is 30.3 Å². The Bertz CT molecular complexity index is 846. The summed E-state index contributed by atoms with van der Waals surface area (Å²) in [6, 6.07) is 10.0. The van der Waals surface area contributed by atoms with Crippen molar-refractivity contribution < 1.29 is 13.5 Å². The molecule has 2 heterocycles. The maximum absolute atomic E-state index is 11.8. The lowest BCUT2D eigenvalue weighted by Crippen LogP contribution is -2.43. The van der Waals surface area contributed by atoms with E-state index < -0.39 is 16.1 Å². The standard InChI is InChI=1S/C17H24N4O3S2/c1-18-17(19-7-9-21-8-4-10-26(21,23)24)20-12-14(22)16-11-13-5-2-3-6-15(13)25-16/h2-3,5-6,11,14,22H,4,7-10,12H2,1H3,(H2,18,19,20). The highest BCUT2D eigenvalue weighted by molar-refractivity contribution is 7.89. The SMILES string of the molecule is CN=C(NCCN1CCCS1(=O)=O)NCC(O)c1cc2ccccc2s1. The number of hydrogen-bond donors (Lipinski definition) is 3. The van der Waals surface area contributed by atoms with Gasteiger partial charge in [-0.25, -0.2) is 12.7 Å². The van der Waals surface area contributed by atoms with E-state index in [1.54, 1.807) is 18.4 Å². The topological polar surface area (TPSA) is 94.0 Å². The van der Waals surface area contributed by atoms with E-state index in [0.717, 1.165) is 15.0 Å². The van der Waals surface area contributed by atoms with E-state index in [4.69, 9.17) is 0 Å². The molecule has 1 aromatic carbocycles. The van der Waals surface area contributed by atoms with Crippen molar-refractivity contribution in [3.63, 3.8) is 0 Å². The minimum atomic E-state index is -3.07. The maximum atomic E-state index is 11.8. The van der Waals surface area contributed by atoms with Crippen LogP contribution in [0, 0.1) is 0 Å². The Hall–Kier alpha value is -1.68. The largest absolute Gasteiger partial charge is 0.386 e. The molecule has 3 rings (SSSR count). The predicted molar refractivity (Wildman–Crippen MR) is 106 cm³/mol. The summed E-state index contributed by atoms with van der Waals surface area (Å²) in [4.78, 5) is 5.02. The molecular weight excluding hydrogens is 372 g/mol. The minimum Gasteiger partial charge on any atom is -0.386 e. The van der Waals surface area contributed by atoms with Gasteiger partial charge in [0.05, 0.1) is 5.75 Å². The number of fused-ring (bicyclic) bond motifs is 1. The molecule has 1 aliphatic rings. The van der Waals surface area contributed by atoms with Crippen molar-refractivity contribution in [2.45, 2.75) is 12.5 Å². The number of benzene rings is 1. The highest BCUT2D eigenvalue weighted by atomic mass is 32.2. The highest BCUT2D eigenvalue weighted by Crippen LogP contribution is 2.29. The van der Waals surface area contributed by atoms with Gasteiger partial charge in [-0.2, -0.15) is 0 Å². The summed E-state index contributed by atoms with van der Waals surface area (Å²) in [5, 5.41) is 17.7. The minimum absolute atomic E-state index is 0.237. The molecule has 1 atom stereocenters. The smallest absolute Gasteiger partial charge is 0.214 e. The first kappa shape index (κ1) is 19.1. The van der Waals surface area contributed by atoms with Gasteiger partial charge in [-0.15, -0.1) is 11.3 Å². The van der Waals surface area contributed by atoms with Gasteiger partial charge in [0.1, 0.15) is 6.10 Å². The average Bonchev–Trinajstić information content (AvgIpc) is 3.20. The summed E-state index contributed by atoms with van der Waals surface area (Å²) in [7, 11) is -1.43. The van der Waals surface area contributed by atoms with Crippen LogP contribution in [0.4, 0.5) is 0 Å². The van der Waals surface area contributed by atoms with Crippen LogP contribution in [-0.4, -0.2) is 62.8 Å². The molecule has 1 saturated heterocycles. The number of nitrogens with zero attached hydrogens (tertiary/aromatic N) is 2. The first-order chi connectivity index (χ1) is 12.5. The Labute approximate surface area is 157 Å². The summed E-state index contributed by atoms with van der Waals surface area (Å²) < 4.78 is 26.2. The van der Waals surface area contributed by atoms with Crippen LogP contribution in [0.2, 0.25) is 0 Å². The average molecular weight is 397 g/mol. The summed E-state index contributed by atoms with van der Waals surface area (Å²) in [6.45, 7) is 1.80. The van der Waals surface area contributed by atoms with Crippen molar-refractivity contribution in [2.24, 2.45) is 4.99 Å². The molecule has 1 unspecified atom stereocenters. The van der Waals surface area contributed by atoms with Crippen LogP contribution < -0.4 is 10.6 Å². The van der Waals surface area contributed by atoms with Crippen molar-refractivity contribution in [1.82, 2.24) is 14.9 Å². The normalized spacial score (nSPS) is 18.9. The monoisotopic (exact) mass is 396 g/mol.